The van der Waals surface area contributed by atoms with Crippen LogP contribution in [0.15, 0.2) is 18.3 Å². The zero-order valence-electron chi connectivity index (χ0n) is 10.0. The number of carbonyl (C=O) groups excluding carboxylic acids is 1. The number of amides is 1. The van der Waals surface area contributed by atoms with Crippen LogP contribution in [0.5, 0.6) is 0 Å². The van der Waals surface area contributed by atoms with Crippen LogP contribution >= 0.6 is 11.3 Å². The van der Waals surface area contributed by atoms with Crippen LogP contribution in [0.1, 0.15) is 15.2 Å². The molecule has 0 aliphatic heterocycles. The second kappa shape index (κ2) is 5.29. The second-order valence-corrected chi connectivity index (χ2v) is 5.01. The molecule has 1 heterocycles. The van der Waals surface area contributed by atoms with Gasteiger partial charge in [-0.05, 0) is 13.0 Å². The highest BCUT2D eigenvalue weighted by Gasteiger charge is 2.24. The molecule has 104 valence electrons. The molecular formula is C11H7F2N3O3S. The highest BCUT2D eigenvalue weighted by molar-refractivity contribution is 7.15. The fourth-order valence-electron chi connectivity index (χ4n) is 1.45. The zero-order valence-corrected chi connectivity index (χ0v) is 10.8. The Morgan fingerprint density at radius 1 is 1.45 bits per heavy atom. The Kier molecular flexibility index (Phi) is 3.70. The van der Waals surface area contributed by atoms with E-state index in [0.717, 1.165) is 16.2 Å². The van der Waals surface area contributed by atoms with Crippen LogP contribution in [0.3, 0.4) is 0 Å². The number of hydrogen-bond acceptors (Lipinski definition) is 5. The molecule has 6 nitrogen and oxygen atoms in total. The molecule has 20 heavy (non-hydrogen) atoms. The Balaban J connectivity index is 2.37. The maximum Gasteiger partial charge on any atom is 0.308 e. The average molecular weight is 299 g/mol. The number of thiazole rings is 1. The van der Waals surface area contributed by atoms with Gasteiger partial charge < -0.3 is 0 Å². The number of nitrogens with one attached hydrogen (secondary N) is 1. The lowest BCUT2D eigenvalue weighted by molar-refractivity contribution is -0.387. The summed E-state index contributed by atoms with van der Waals surface area (Å²) in [6.07, 6.45) is 1.49. The number of nitrogens with zero attached hydrogens (tertiary/aromatic N) is 2. The first-order valence-electron chi connectivity index (χ1n) is 5.25. The highest BCUT2D eigenvalue weighted by Crippen LogP contribution is 2.24. The minimum absolute atomic E-state index is 0.193. The maximum absolute atomic E-state index is 13.8. The molecule has 0 unspecified atom stereocenters. The first-order valence-corrected chi connectivity index (χ1v) is 6.07. The van der Waals surface area contributed by atoms with Crippen LogP contribution in [0.4, 0.5) is 19.6 Å². The van der Waals surface area contributed by atoms with Gasteiger partial charge in [-0.3, -0.25) is 20.2 Å². The minimum atomic E-state index is -1.39. The monoisotopic (exact) mass is 299 g/mol. The normalized spacial score (nSPS) is 10.3. The van der Waals surface area contributed by atoms with Gasteiger partial charge in [0.05, 0.1) is 16.6 Å². The summed E-state index contributed by atoms with van der Waals surface area (Å²) in [6, 6.07) is 1.01. The quantitative estimate of drug-likeness (QED) is 0.697. The van der Waals surface area contributed by atoms with Crippen molar-refractivity contribution in [1.82, 2.24) is 4.98 Å². The average Bonchev–Trinajstić information content (AvgIpc) is 2.76. The van der Waals surface area contributed by atoms with E-state index in [0.29, 0.717) is 12.1 Å². The number of carbonyl (C=O) groups is 1. The second-order valence-electron chi connectivity index (χ2n) is 3.77. The number of benzene rings is 1. The fourth-order valence-corrected chi connectivity index (χ4v) is 2.11. The van der Waals surface area contributed by atoms with Crippen molar-refractivity contribution in [2.24, 2.45) is 0 Å². The smallest absolute Gasteiger partial charge is 0.298 e. The third kappa shape index (κ3) is 2.77. The van der Waals surface area contributed by atoms with Gasteiger partial charge in [-0.25, -0.2) is 9.37 Å². The van der Waals surface area contributed by atoms with E-state index in [2.05, 4.69) is 10.3 Å². The largest absolute Gasteiger partial charge is 0.308 e. The van der Waals surface area contributed by atoms with Gasteiger partial charge >= 0.3 is 5.69 Å². The van der Waals surface area contributed by atoms with Crippen molar-refractivity contribution in [3.05, 3.63) is 50.5 Å². The number of nitro groups is 1. The molecule has 0 saturated heterocycles. The maximum atomic E-state index is 13.8. The predicted octanol–water partition coefficient (Wildman–Crippen LogP) is 2.89. The molecule has 0 aliphatic rings. The summed E-state index contributed by atoms with van der Waals surface area (Å²) in [6.45, 7) is 1.75. The Hall–Kier alpha value is -2.42. The molecule has 0 aliphatic carbocycles. The van der Waals surface area contributed by atoms with Crippen LogP contribution in [-0.2, 0) is 0 Å². The number of hydrogen-bond donors (Lipinski definition) is 1. The summed E-state index contributed by atoms with van der Waals surface area (Å²) in [7, 11) is 0. The summed E-state index contributed by atoms with van der Waals surface area (Å²) in [5, 5.41) is 13.0. The van der Waals surface area contributed by atoms with Gasteiger partial charge in [0.15, 0.2) is 5.13 Å². The third-order valence-electron chi connectivity index (χ3n) is 2.30. The van der Waals surface area contributed by atoms with Gasteiger partial charge in [0.2, 0.25) is 5.82 Å². The standard InChI is InChI=1S/C11H7F2N3O3S/c1-5-4-14-11(20-5)15-10(17)7-2-6(12)3-8(9(7)13)16(18)19/h2-4H,1H3,(H,14,15,17). The zero-order chi connectivity index (χ0) is 14.9. The molecule has 2 rings (SSSR count). The molecule has 1 amide bonds. The highest BCUT2D eigenvalue weighted by atomic mass is 32.1. The van der Waals surface area contributed by atoms with Gasteiger partial charge in [0, 0.05) is 11.1 Å². The van der Waals surface area contributed by atoms with Gasteiger partial charge in [0.1, 0.15) is 5.82 Å². The molecule has 0 atom stereocenters. The minimum Gasteiger partial charge on any atom is -0.298 e. The lowest BCUT2D eigenvalue weighted by Crippen LogP contribution is -2.15. The lowest BCUT2D eigenvalue weighted by atomic mass is 10.1. The van der Waals surface area contributed by atoms with Crippen molar-refractivity contribution in [3.8, 4) is 0 Å². The van der Waals surface area contributed by atoms with Crippen molar-refractivity contribution in [3.63, 3.8) is 0 Å². The van der Waals surface area contributed by atoms with Crippen molar-refractivity contribution in [1.29, 1.82) is 0 Å². The van der Waals surface area contributed by atoms with Gasteiger partial charge in [-0.1, -0.05) is 0 Å². The molecule has 0 saturated carbocycles. The SMILES string of the molecule is Cc1cnc(NC(=O)c2cc(F)cc([N+](=O)[O-])c2F)s1. The Labute approximate surface area is 115 Å². The Morgan fingerprint density at radius 2 is 2.15 bits per heavy atom. The number of nitro benzene ring substituents is 1. The third-order valence-corrected chi connectivity index (χ3v) is 3.13. The van der Waals surface area contributed by atoms with E-state index in [4.69, 9.17) is 0 Å². The summed E-state index contributed by atoms with van der Waals surface area (Å²) in [4.78, 5) is 25.9. The van der Waals surface area contributed by atoms with E-state index in [-0.39, 0.29) is 5.13 Å². The molecule has 0 radical (unpaired) electrons. The lowest BCUT2D eigenvalue weighted by Gasteiger charge is -2.04. The molecule has 2 aromatic rings. The van der Waals surface area contributed by atoms with Gasteiger partial charge in [0.25, 0.3) is 5.91 Å². The van der Waals surface area contributed by atoms with Gasteiger partial charge in [-0.2, -0.15) is 4.39 Å². The number of rotatable bonds is 3. The molecule has 0 fully saturated rings. The number of halogens is 2. The van der Waals surface area contributed by atoms with E-state index in [1.54, 1.807) is 6.92 Å². The number of anilines is 1. The Bertz CT molecular complexity index is 702. The summed E-state index contributed by atoms with van der Waals surface area (Å²) in [5.74, 6) is -3.46. The molecule has 0 spiro atoms. The topological polar surface area (TPSA) is 85.1 Å². The van der Waals surface area contributed by atoms with Crippen molar-refractivity contribution in [2.75, 3.05) is 5.32 Å². The summed E-state index contributed by atoms with van der Waals surface area (Å²) in [5.41, 5.74) is -1.84. The fraction of sp³-hybridized carbons (Fsp3) is 0.0909. The predicted molar refractivity (Wildman–Crippen MR) is 67.8 cm³/mol. The van der Waals surface area contributed by atoms with Crippen LogP contribution < -0.4 is 5.32 Å². The van der Waals surface area contributed by atoms with Crippen LogP contribution in [0.2, 0.25) is 0 Å². The molecule has 9 heteroatoms. The van der Waals surface area contributed by atoms with Gasteiger partial charge in [-0.15, -0.1) is 11.3 Å². The van der Waals surface area contributed by atoms with Crippen LogP contribution in [-0.4, -0.2) is 15.8 Å². The molecule has 1 aromatic heterocycles. The first-order chi connectivity index (χ1) is 9.38. The first kappa shape index (κ1) is 14.0. The molecule has 1 aromatic carbocycles. The van der Waals surface area contributed by atoms with E-state index < -0.39 is 33.7 Å². The van der Waals surface area contributed by atoms with Crippen molar-refractivity contribution in [2.45, 2.75) is 6.92 Å². The van der Waals surface area contributed by atoms with Crippen LogP contribution in [0, 0.1) is 28.7 Å². The van der Waals surface area contributed by atoms with Crippen molar-refractivity contribution >= 4 is 28.1 Å². The van der Waals surface area contributed by atoms with E-state index >= 15 is 0 Å². The number of aromatic nitrogens is 1. The number of aryl methyl sites for hydroxylation is 1. The summed E-state index contributed by atoms with van der Waals surface area (Å²) >= 11 is 1.14. The van der Waals surface area contributed by atoms with E-state index in [1.165, 1.54) is 6.20 Å². The summed E-state index contributed by atoms with van der Waals surface area (Å²) < 4.78 is 27.0. The van der Waals surface area contributed by atoms with Crippen molar-refractivity contribution < 1.29 is 18.5 Å². The molecule has 0 bridgehead atoms. The Morgan fingerprint density at radius 3 is 2.70 bits per heavy atom. The molecule has 1 N–H and O–H groups in total. The van der Waals surface area contributed by atoms with E-state index in [9.17, 15) is 23.7 Å². The molecular weight excluding hydrogens is 292 g/mol. The van der Waals surface area contributed by atoms with Crippen LogP contribution in [0.25, 0.3) is 0 Å². The van der Waals surface area contributed by atoms with E-state index in [1.807, 2.05) is 0 Å².